The third kappa shape index (κ3) is 3.25. The van der Waals surface area contributed by atoms with Gasteiger partial charge in [0.2, 0.25) is 0 Å². The van der Waals surface area contributed by atoms with Crippen LogP contribution >= 0.6 is 15.9 Å². The van der Waals surface area contributed by atoms with Crippen molar-refractivity contribution in [3.63, 3.8) is 0 Å². The van der Waals surface area contributed by atoms with Gasteiger partial charge in [-0.05, 0) is 17.7 Å². The predicted molar refractivity (Wildman–Crippen MR) is 71.6 cm³/mol. The van der Waals surface area contributed by atoms with Crippen LogP contribution in [0.15, 0.2) is 18.2 Å². The zero-order chi connectivity index (χ0) is 14.8. The van der Waals surface area contributed by atoms with Gasteiger partial charge in [0.15, 0.2) is 6.10 Å². The molecule has 1 aromatic rings. The second-order valence-corrected chi connectivity index (χ2v) is 4.97. The number of hydrogen-bond donors (Lipinski definition) is 0. The fourth-order valence-corrected chi connectivity index (χ4v) is 2.59. The van der Waals surface area contributed by atoms with Crippen LogP contribution in [0.25, 0.3) is 0 Å². The van der Waals surface area contributed by atoms with Crippen LogP contribution in [0.1, 0.15) is 11.1 Å². The summed E-state index contributed by atoms with van der Waals surface area (Å²) in [6.07, 6.45) is -4.99. The van der Waals surface area contributed by atoms with E-state index in [1.165, 1.54) is 6.07 Å². The first-order valence-corrected chi connectivity index (χ1v) is 7.10. The number of alkyl halides is 4. The first-order valence-electron chi connectivity index (χ1n) is 5.98. The molecule has 7 heteroatoms. The molecule has 0 saturated carbocycles. The van der Waals surface area contributed by atoms with E-state index in [2.05, 4.69) is 15.9 Å². The molecule has 1 aromatic carbocycles. The van der Waals surface area contributed by atoms with Crippen LogP contribution < -0.4 is 4.90 Å². The summed E-state index contributed by atoms with van der Waals surface area (Å²) in [6.45, 7) is 1.09. The SMILES string of the molecule is N#CC1CN(c2ccc(CBr)c(C(F)(F)F)c2)CCO1. The standard InChI is InChI=1S/C13H12BrF3N2O/c14-6-9-1-2-10(5-12(9)13(15,16)17)19-3-4-20-11(7-18)8-19/h1-2,5,11H,3-4,6,8H2. The lowest BCUT2D eigenvalue weighted by molar-refractivity contribution is -0.138. The van der Waals surface area contributed by atoms with Crippen molar-refractivity contribution in [2.75, 3.05) is 24.6 Å². The molecular formula is C13H12BrF3N2O. The predicted octanol–water partition coefficient (Wildman–Crippen LogP) is 3.33. The maximum Gasteiger partial charge on any atom is 0.416 e. The van der Waals surface area contributed by atoms with Crippen molar-refractivity contribution in [1.82, 2.24) is 0 Å². The van der Waals surface area contributed by atoms with Gasteiger partial charge >= 0.3 is 6.18 Å². The molecule has 1 fully saturated rings. The molecule has 1 aliphatic heterocycles. The van der Waals surface area contributed by atoms with Crippen LogP contribution in [0.2, 0.25) is 0 Å². The fourth-order valence-electron chi connectivity index (χ4n) is 2.10. The fraction of sp³-hybridized carbons (Fsp3) is 0.462. The van der Waals surface area contributed by atoms with Gasteiger partial charge in [0, 0.05) is 17.6 Å². The molecule has 3 nitrogen and oxygen atoms in total. The molecule has 1 saturated heterocycles. The number of morpholine rings is 1. The average Bonchev–Trinajstić information content (AvgIpc) is 2.45. The highest BCUT2D eigenvalue weighted by molar-refractivity contribution is 9.08. The zero-order valence-corrected chi connectivity index (χ0v) is 12.0. The Hall–Kier alpha value is -1.26. The Morgan fingerprint density at radius 3 is 2.80 bits per heavy atom. The van der Waals surface area contributed by atoms with Gasteiger partial charge in [-0.2, -0.15) is 18.4 Å². The molecule has 0 amide bonds. The summed E-state index contributed by atoms with van der Waals surface area (Å²) in [5.74, 6) is 0. The highest BCUT2D eigenvalue weighted by Gasteiger charge is 2.34. The Labute approximate surface area is 123 Å². The number of hydrogen-bond acceptors (Lipinski definition) is 3. The summed E-state index contributed by atoms with van der Waals surface area (Å²) in [4.78, 5) is 1.74. The van der Waals surface area contributed by atoms with Gasteiger partial charge in [-0.25, -0.2) is 0 Å². The van der Waals surface area contributed by atoms with Crippen molar-refractivity contribution < 1.29 is 17.9 Å². The first kappa shape index (κ1) is 15.1. The minimum absolute atomic E-state index is 0.145. The van der Waals surface area contributed by atoms with Crippen LogP contribution in [-0.2, 0) is 16.2 Å². The summed E-state index contributed by atoms with van der Waals surface area (Å²) < 4.78 is 44.2. The molecule has 1 atom stereocenters. The van der Waals surface area contributed by atoms with Gasteiger partial charge in [-0.15, -0.1) is 0 Å². The maximum absolute atomic E-state index is 13.0. The normalized spacial score (nSPS) is 19.8. The van der Waals surface area contributed by atoms with Crippen LogP contribution in [0.5, 0.6) is 0 Å². The van der Waals surface area contributed by atoms with Gasteiger partial charge < -0.3 is 9.64 Å². The van der Waals surface area contributed by atoms with E-state index < -0.39 is 17.8 Å². The maximum atomic E-state index is 13.0. The lowest BCUT2D eigenvalue weighted by Gasteiger charge is -2.32. The Bertz CT molecular complexity index is 527. The van der Waals surface area contributed by atoms with Crippen molar-refractivity contribution in [1.29, 1.82) is 5.26 Å². The molecule has 108 valence electrons. The molecule has 1 unspecified atom stereocenters. The van der Waals surface area contributed by atoms with Crippen molar-refractivity contribution in [2.45, 2.75) is 17.6 Å². The molecule has 1 aliphatic rings. The van der Waals surface area contributed by atoms with E-state index in [9.17, 15) is 13.2 Å². The van der Waals surface area contributed by atoms with E-state index in [-0.39, 0.29) is 17.4 Å². The summed E-state index contributed by atoms with van der Waals surface area (Å²) in [6, 6.07) is 6.22. The van der Waals surface area contributed by atoms with E-state index in [1.54, 1.807) is 11.0 Å². The number of nitriles is 1. The highest BCUT2D eigenvalue weighted by atomic mass is 79.9. The number of rotatable bonds is 2. The van der Waals surface area contributed by atoms with Crippen molar-refractivity contribution in [2.24, 2.45) is 0 Å². The van der Waals surface area contributed by atoms with Crippen LogP contribution in [0.4, 0.5) is 18.9 Å². The smallest absolute Gasteiger partial charge is 0.366 e. The second-order valence-electron chi connectivity index (χ2n) is 4.41. The molecule has 0 radical (unpaired) electrons. The number of halogens is 4. The van der Waals surface area contributed by atoms with E-state index in [4.69, 9.17) is 10.00 Å². The Balaban J connectivity index is 2.31. The molecule has 20 heavy (non-hydrogen) atoms. The van der Waals surface area contributed by atoms with Crippen molar-refractivity contribution >= 4 is 21.6 Å². The highest BCUT2D eigenvalue weighted by Crippen LogP contribution is 2.35. The summed E-state index contributed by atoms with van der Waals surface area (Å²) >= 11 is 3.07. The lowest BCUT2D eigenvalue weighted by Crippen LogP contribution is -2.41. The second kappa shape index (κ2) is 6.02. The van der Waals surface area contributed by atoms with E-state index >= 15 is 0 Å². The summed E-state index contributed by atoms with van der Waals surface area (Å²) in [7, 11) is 0. The van der Waals surface area contributed by atoms with Crippen LogP contribution in [0.3, 0.4) is 0 Å². The third-order valence-electron chi connectivity index (χ3n) is 3.12. The number of anilines is 1. The monoisotopic (exact) mass is 348 g/mol. The number of ether oxygens (including phenoxy) is 1. The van der Waals surface area contributed by atoms with Gasteiger partial charge in [0.1, 0.15) is 0 Å². The van der Waals surface area contributed by atoms with E-state index in [1.807, 2.05) is 6.07 Å². The summed E-state index contributed by atoms with van der Waals surface area (Å²) in [5.41, 5.74) is 0.0174. The number of nitrogens with zero attached hydrogens (tertiary/aromatic N) is 2. The van der Waals surface area contributed by atoms with Crippen LogP contribution in [0, 0.1) is 11.3 Å². The molecule has 1 heterocycles. The zero-order valence-electron chi connectivity index (χ0n) is 10.5. The molecule has 0 bridgehead atoms. The van der Waals surface area contributed by atoms with Crippen molar-refractivity contribution in [3.05, 3.63) is 29.3 Å². The Morgan fingerprint density at radius 1 is 1.45 bits per heavy atom. The van der Waals surface area contributed by atoms with E-state index in [0.717, 1.165) is 6.07 Å². The number of benzene rings is 1. The topological polar surface area (TPSA) is 36.3 Å². The van der Waals surface area contributed by atoms with Gasteiger partial charge in [0.25, 0.3) is 0 Å². The molecule has 2 rings (SSSR count). The molecule has 0 aliphatic carbocycles. The minimum atomic E-state index is -4.39. The largest absolute Gasteiger partial charge is 0.416 e. The molecule has 0 spiro atoms. The molecular weight excluding hydrogens is 337 g/mol. The third-order valence-corrected chi connectivity index (χ3v) is 3.72. The van der Waals surface area contributed by atoms with Gasteiger partial charge in [0.05, 0.1) is 24.8 Å². The Morgan fingerprint density at radius 2 is 2.20 bits per heavy atom. The first-order chi connectivity index (χ1) is 9.45. The molecule has 0 N–H and O–H groups in total. The average molecular weight is 349 g/mol. The minimum Gasteiger partial charge on any atom is -0.366 e. The Kier molecular flexibility index (Phi) is 4.55. The van der Waals surface area contributed by atoms with Gasteiger partial charge in [-0.1, -0.05) is 22.0 Å². The lowest BCUT2D eigenvalue weighted by atomic mass is 10.1. The van der Waals surface area contributed by atoms with Gasteiger partial charge in [-0.3, -0.25) is 0 Å². The molecule has 0 aromatic heterocycles. The van der Waals surface area contributed by atoms with Crippen molar-refractivity contribution in [3.8, 4) is 6.07 Å². The quantitative estimate of drug-likeness (QED) is 0.769. The summed E-state index contributed by atoms with van der Waals surface area (Å²) in [5, 5.41) is 8.98. The van der Waals surface area contributed by atoms with E-state index in [0.29, 0.717) is 18.8 Å². The van der Waals surface area contributed by atoms with Crippen LogP contribution in [-0.4, -0.2) is 25.8 Å².